The summed E-state index contributed by atoms with van der Waals surface area (Å²) in [6.45, 7) is 4.40. The third-order valence-electron chi connectivity index (χ3n) is 7.20. The van der Waals surface area contributed by atoms with E-state index in [1.807, 2.05) is 0 Å². The fourth-order valence-corrected chi connectivity index (χ4v) is 7.55. The first kappa shape index (κ1) is 32.6. The monoisotopic (exact) mass is 867 g/mol. The lowest BCUT2D eigenvalue weighted by Gasteiger charge is -2.34. The van der Waals surface area contributed by atoms with E-state index in [1.54, 1.807) is 0 Å². The van der Waals surface area contributed by atoms with Crippen LogP contribution in [-0.4, -0.2) is 42.5 Å². The molecule has 0 spiro atoms. The van der Waals surface area contributed by atoms with Crippen LogP contribution in [-0.2, 0) is 19.6 Å². The van der Waals surface area contributed by atoms with Gasteiger partial charge in [-0.1, -0.05) is 91.0 Å². The fourth-order valence-electron chi connectivity index (χ4n) is 5.13. The van der Waals surface area contributed by atoms with Gasteiger partial charge in [-0.2, -0.15) is 4.99 Å². The normalized spacial score (nSPS) is 14.3. The highest BCUT2D eigenvalue weighted by atomic mass is 79.9. The standard InChI is InChI=1S/C32H31Br4N4.BrH/c1-40(2,22-25-16-10-5-11-17-25)19-18-38(20-23-12-6-3-7-13-23)32-37-30-28(35)26(33)27(34)29(36)31(30)39(32)21-24-14-8-4-9-15-24;/h3-17H,18-22H2,1-2H3;1H/q+1;. The van der Waals surface area contributed by atoms with Gasteiger partial charge in [-0.25, -0.2) is 4.90 Å². The van der Waals surface area contributed by atoms with Crippen LogP contribution < -0.4 is 21.9 Å². The molecule has 9 heteroatoms. The highest BCUT2D eigenvalue weighted by Gasteiger charge is 2.40. The lowest BCUT2D eigenvalue weighted by atomic mass is 10.2. The number of benzene rings is 4. The Labute approximate surface area is 287 Å². The average Bonchev–Trinajstić information content (AvgIpc) is 3.33. The SMILES string of the molecule is C[N+](C)(CCN(Cc1ccccc1)C1=Nc2c(Br)c(Br)c(Br)c(Br)c2[NH+]1Cc1ccccc1)Cc1ccccc1.[Br-]. The molecule has 0 bridgehead atoms. The van der Waals surface area contributed by atoms with Crippen molar-refractivity contribution >= 4 is 81.1 Å². The minimum Gasteiger partial charge on any atom is -1.00 e. The number of rotatable bonds is 9. The van der Waals surface area contributed by atoms with Crippen molar-refractivity contribution in [2.24, 2.45) is 4.99 Å². The molecule has 0 aromatic heterocycles. The first-order chi connectivity index (χ1) is 19.2. The van der Waals surface area contributed by atoms with E-state index >= 15 is 0 Å². The highest BCUT2D eigenvalue weighted by Crippen LogP contribution is 2.49. The zero-order chi connectivity index (χ0) is 28.3. The molecule has 0 fully saturated rings. The van der Waals surface area contributed by atoms with Crippen molar-refractivity contribution in [2.45, 2.75) is 19.6 Å². The number of nitrogens with zero attached hydrogens (tertiary/aromatic N) is 3. The van der Waals surface area contributed by atoms with Crippen LogP contribution in [0.1, 0.15) is 16.7 Å². The van der Waals surface area contributed by atoms with Crippen molar-refractivity contribution in [3.63, 3.8) is 0 Å². The summed E-state index contributed by atoms with van der Waals surface area (Å²) >= 11 is 15.3. The molecule has 5 rings (SSSR count). The van der Waals surface area contributed by atoms with Crippen molar-refractivity contribution in [2.75, 3.05) is 27.2 Å². The van der Waals surface area contributed by atoms with Crippen molar-refractivity contribution in [1.29, 1.82) is 0 Å². The van der Waals surface area contributed by atoms with Crippen LogP contribution in [0.3, 0.4) is 0 Å². The van der Waals surface area contributed by atoms with Crippen molar-refractivity contribution in [3.05, 3.63) is 126 Å². The van der Waals surface area contributed by atoms with E-state index in [0.717, 1.165) is 72.4 Å². The van der Waals surface area contributed by atoms with Gasteiger partial charge >= 0.3 is 5.96 Å². The molecule has 1 heterocycles. The maximum Gasteiger partial charge on any atom is 0.310 e. The largest absolute Gasteiger partial charge is 1.00 e. The third kappa shape index (κ3) is 7.80. The number of fused-ring (bicyclic) bond motifs is 1. The molecule has 0 amide bonds. The molecular formula is C32H32Br5N4+. The van der Waals surface area contributed by atoms with Gasteiger partial charge in [0.25, 0.3) is 0 Å². The van der Waals surface area contributed by atoms with E-state index in [4.69, 9.17) is 4.99 Å². The minimum absolute atomic E-state index is 0. The molecule has 0 saturated carbocycles. The lowest BCUT2D eigenvalue weighted by Crippen LogP contribution is -3.09. The smallest absolute Gasteiger partial charge is 0.310 e. The Kier molecular flexibility index (Phi) is 11.5. The predicted molar refractivity (Wildman–Crippen MR) is 179 cm³/mol. The quantitative estimate of drug-likeness (QED) is 0.139. The summed E-state index contributed by atoms with van der Waals surface area (Å²) in [6.07, 6.45) is 0. The first-order valence-electron chi connectivity index (χ1n) is 13.2. The van der Waals surface area contributed by atoms with Gasteiger partial charge in [-0.15, -0.1) is 0 Å². The van der Waals surface area contributed by atoms with Gasteiger partial charge < -0.3 is 26.4 Å². The van der Waals surface area contributed by atoms with E-state index in [1.165, 1.54) is 21.6 Å². The molecule has 0 saturated heterocycles. The number of likely N-dealkylation sites (N-methyl/N-ethyl adjacent to an activating group) is 1. The third-order valence-corrected chi connectivity index (χ3v) is 11.9. The van der Waals surface area contributed by atoms with Gasteiger partial charge in [0.1, 0.15) is 18.8 Å². The molecule has 1 aliphatic rings. The number of hydrogen-bond donors (Lipinski definition) is 1. The summed E-state index contributed by atoms with van der Waals surface area (Å²) in [6, 6.07) is 32.2. The van der Waals surface area contributed by atoms with Crippen LogP contribution in [0.4, 0.5) is 11.4 Å². The van der Waals surface area contributed by atoms with Crippen LogP contribution in [0.5, 0.6) is 0 Å². The Bertz CT molecular complexity index is 1500. The summed E-state index contributed by atoms with van der Waals surface area (Å²) in [5, 5.41) is 0. The molecule has 0 radical (unpaired) electrons. The number of guanidine groups is 1. The Morgan fingerprint density at radius 3 is 1.78 bits per heavy atom. The summed E-state index contributed by atoms with van der Waals surface area (Å²) in [5.74, 6) is 1.04. The molecule has 4 nitrogen and oxygen atoms in total. The van der Waals surface area contributed by atoms with Crippen LogP contribution in [0.2, 0.25) is 0 Å². The molecule has 1 atom stereocenters. The van der Waals surface area contributed by atoms with E-state index in [-0.39, 0.29) is 17.0 Å². The molecule has 1 unspecified atom stereocenters. The minimum atomic E-state index is 0. The molecule has 1 aliphatic heterocycles. The Balaban J connectivity index is 0.00000387. The summed E-state index contributed by atoms with van der Waals surface area (Å²) < 4.78 is 4.79. The van der Waals surface area contributed by atoms with Gasteiger partial charge in [0.15, 0.2) is 5.69 Å². The molecular weight excluding hydrogens is 840 g/mol. The number of nitrogens with one attached hydrogen (secondary N) is 1. The summed E-state index contributed by atoms with van der Waals surface area (Å²) in [5.41, 5.74) is 5.98. The lowest BCUT2D eigenvalue weighted by molar-refractivity contribution is -0.903. The Hall–Kier alpha value is -1.33. The average molecular weight is 872 g/mol. The van der Waals surface area contributed by atoms with Crippen LogP contribution in [0.25, 0.3) is 0 Å². The number of halogens is 5. The second kappa shape index (κ2) is 14.4. The molecule has 4 aromatic rings. The Morgan fingerprint density at radius 2 is 1.20 bits per heavy atom. The zero-order valence-electron chi connectivity index (χ0n) is 22.9. The second-order valence-corrected chi connectivity index (χ2v) is 13.9. The van der Waals surface area contributed by atoms with Gasteiger partial charge in [0, 0.05) is 22.1 Å². The van der Waals surface area contributed by atoms with Crippen molar-refractivity contribution < 1.29 is 26.4 Å². The maximum atomic E-state index is 5.34. The number of hydrogen-bond acceptors (Lipinski definition) is 2. The highest BCUT2D eigenvalue weighted by molar-refractivity contribution is 9.15. The second-order valence-electron chi connectivity index (χ2n) is 10.8. The number of aliphatic imine (C=N–C) groups is 1. The summed E-state index contributed by atoms with van der Waals surface area (Å²) in [7, 11) is 4.63. The van der Waals surface area contributed by atoms with Gasteiger partial charge in [0.05, 0.1) is 40.6 Å². The van der Waals surface area contributed by atoms with E-state index in [0.29, 0.717) is 0 Å². The van der Waals surface area contributed by atoms with Crippen molar-refractivity contribution in [1.82, 2.24) is 4.90 Å². The molecule has 0 aliphatic carbocycles. The number of quaternary nitrogens is 2. The maximum absolute atomic E-state index is 5.34. The fraction of sp³-hybridized carbons (Fsp3) is 0.219. The summed E-state index contributed by atoms with van der Waals surface area (Å²) in [4.78, 5) is 9.04. The van der Waals surface area contributed by atoms with Gasteiger partial charge in [-0.05, 0) is 69.3 Å². The van der Waals surface area contributed by atoms with E-state index in [2.05, 4.69) is 174 Å². The molecule has 41 heavy (non-hydrogen) atoms. The topological polar surface area (TPSA) is 20.0 Å². The van der Waals surface area contributed by atoms with Crippen LogP contribution in [0, 0.1) is 0 Å². The predicted octanol–water partition coefficient (Wildman–Crippen LogP) is 5.24. The first-order valence-corrected chi connectivity index (χ1v) is 16.4. The van der Waals surface area contributed by atoms with Gasteiger partial charge in [0.2, 0.25) is 0 Å². The van der Waals surface area contributed by atoms with Crippen LogP contribution in [0.15, 0.2) is 114 Å². The molecule has 214 valence electrons. The van der Waals surface area contributed by atoms with Crippen molar-refractivity contribution in [3.8, 4) is 0 Å². The van der Waals surface area contributed by atoms with Crippen LogP contribution >= 0.6 is 63.7 Å². The Morgan fingerprint density at radius 1 is 0.683 bits per heavy atom. The van der Waals surface area contributed by atoms with Gasteiger partial charge in [-0.3, -0.25) is 0 Å². The zero-order valence-corrected chi connectivity index (χ0v) is 30.9. The molecule has 1 N–H and O–H groups in total. The van der Waals surface area contributed by atoms with E-state index < -0.39 is 0 Å². The molecule has 4 aromatic carbocycles. The van der Waals surface area contributed by atoms with E-state index in [9.17, 15) is 0 Å².